The van der Waals surface area contributed by atoms with Gasteiger partial charge >= 0.3 is 0 Å². The number of unbranched alkanes of at least 4 members (excludes halogenated alkanes) is 11. The van der Waals surface area contributed by atoms with Crippen LogP contribution in [0.2, 0.25) is 0 Å². The van der Waals surface area contributed by atoms with Gasteiger partial charge in [-0.15, -0.1) is 0 Å². The third kappa shape index (κ3) is 12.3. The van der Waals surface area contributed by atoms with E-state index in [0.717, 1.165) is 48.4 Å². The van der Waals surface area contributed by atoms with Crippen molar-refractivity contribution in [1.82, 2.24) is 4.90 Å². The predicted molar refractivity (Wildman–Crippen MR) is 181 cm³/mol. The van der Waals surface area contributed by atoms with Gasteiger partial charge in [-0.25, -0.2) is 4.57 Å². The zero-order valence-electron chi connectivity index (χ0n) is 28.0. The van der Waals surface area contributed by atoms with Crippen molar-refractivity contribution in [1.29, 1.82) is 0 Å². The molecule has 5 heteroatoms. The second kappa shape index (κ2) is 20.6. The standard InChI is InChI=1S/C39H57N2O3/c1-5-7-8-9-10-11-12-13-14-15-16-19-28-44-36-25-24-35(33(3)29-36)32-41(31-34-21-20-27-40(30-34)26-6-2)39(42)37-22-17-18-23-38(37)43-4/h17-18,20-25,27,29-30H,5-16,19,26,28,31-32H2,1-4H3/q+1. The lowest BCUT2D eigenvalue weighted by Crippen LogP contribution is -2.35. The zero-order valence-corrected chi connectivity index (χ0v) is 28.0. The molecule has 3 rings (SSSR count). The Kier molecular flexibility index (Phi) is 16.4. The van der Waals surface area contributed by atoms with Crippen molar-refractivity contribution in [2.75, 3.05) is 13.7 Å². The Hall–Kier alpha value is -3.34. The fraction of sp³-hybridized carbons (Fsp3) is 0.538. The van der Waals surface area contributed by atoms with Crippen molar-refractivity contribution >= 4 is 5.91 Å². The maximum Gasteiger partial charge on any atom is 0.258 e. The van der Waals surface area contributed by atoms with E-state index in [2.05, 4.69) is 62.0 Å². The third-order valence-corrected chi connectivity index (χ3v) is 8.34. The number of benzene rings is 2. The molecule has 1 heterocycles. The van der Waals surface area contributed by atoms with E-state index in [9.17, 15) is 4.79 Å². The van der Waals surface area contributed by atoms with Crippen molar-refractivity contribution < 1.29 is 18.8 Å². The SMILES string of the molecule is CCCCCCCCCCCCCCOc1ccc(CN(Cc2ccc[n+](CCC)c2)C(=O)c2ccccc2OC)c(C)c1. The summed E-state index contributed by atoms with van der Waals surface area (Å²) in [5, 5.41) is 0. The van der Waals surface area contributed by atoms with E-state index in [1.807, 2.05) is 35.2 Å². The first-order valence-electron chi connectivity index (χ1n) is 17.2. The second-order valence-corrected chi connectivity index (χ2v) is 12.1. The summed E-state index contributed by atoms with van der Waals surface area (Å²) in [5.41, 5.74) is 3.92. The molecule has 0 aliphatic rings. The molecule has 0 atom stereocenters. The minimum absolute atomic E-state index is 0.0416. The molecule has 44 heavy (non-hydrogen) atoms. The molecular weight excluding hydrogens is 544 g/mol. The highest BCUT2D eigenvalue weighted by Crippen LogP contribution is 2.24. The first kappa shape index (κ1) is 35.1. The summed E-state index contributed by atoms with van der Waals surface area (Å²) in [6, 6.07) is 17.9. The lowest BCUT2D eigenvalue weighted by Gasteiger charge is -2.24. The van der Waals surface area contributed by atoms with Crippen LogP contribution in [0.1, 0.15) is 124 Å². The van der Waals surface area contributed by atoms with Crippen LogP contribution in [0.4, 0.5) is 0 Å². The van der Waals surface area contributed by atoms with Crippen LogP contribution in [0.25, 0.3) is 0 Å². The Morgan fingerprint density at radius 1 is 0.773 bits per heavy atom. The summed E-state index contributed by atoms with van der Waals surface area (Å²) in [5.74, 6) is 1.45. The highest BCUT2D eigenvalue weighted by atomic mass is 16.5. The predicted octanol–water partition coefficient (Wildman–Crippen LogP) is 9.62. The van der Waals surface area contributed by atoms with E-state index in [1.54, 1.807) is 7.11 Å². The van der Waals surface area contributed by atoms with Gasteiger partial charge in [-0.1, -0.05) is 103 Å². The molecule has 0 bridgehead atoms. The molecular formula is C39H57N2O3+. The van der Waals surface area contributed by atoms with Crippen molar-refractivity contribution in [2.24, 2.45) is 0 Å². The summed E-state index contributed by atoms with van der Waals surface area (Å²) in [7, 11) is 1.61. The van der Waals surface area contributed by atoms with Crippen molar-refractivity contribution in [3.8, 4) is 11.5 Å². The molecule has 240 valence electrons. The van der Waals surface area contributed by atoms with Crippen LogP contribution in [0.15, 0.2) is 67.0 Å². The molecule has 2 aromatic carbocycles. The third-order valence-electron chi connectivity index (χ3n) is 8.34. The van der Waals surface area contributed by atoms with Gasteiger partial charge in [0.1, 0.15) is 18.0 Å². The summed E-state index contributed by atoms with van der Waals surface area (Å²) in [6.45, 7) is 9.28. The van der Waals surface area contributed by atoms with E-state index in [1.165, 1.54) is 70.6 Å². The molecule has 0 fully saturated rings. The van der Waals surface area contributed by atoms with Crippen LogP contribution < -0.4 is 14.0 Å². The molecule has 0 aliphatic carbocycles. The van der Waals surface area contributed by atoms with Crippen molar-refractivity contribution in [2.45, 2.75) is 124 Å². The van der Waals surface area contributed by atoms with Gasteiger partial charge in [0.05, 0.1) is 25.8 Å². The molecule has 0 spiro atoms. The number of aromatic nitrogens is 1. The lowest BCUT2D eigenvalue weighted by molar-refractivity contribution is -0.697. The Labute approximate surface area is 267 Å². The summed E-state index contributed by atoms with van der Waals surface area (Å²) in [6.07, 6.45) is 21.4. The van der Waals surface area contributed by atoms with Crippen LogP contribution in [-0.2, 0) is 19.6 Å². The fourth-order valence-corrected chi connectivity index (χ4v) is 5.75. The molecule has 1 aromatic heterocycles. The molecule has 3 aromatic rings. The summed E-state index contributed by atoms with van der Waals surface area (Å²) < 4.78 is 13.8. The molecule has 5 nitrogen and oxygen atoms in total. The number of hydrogen-bond donors (Lipinski definition) is 0. The van der Waals surface area contributed by atoms with Crippen LogP contribution in [0.3, 0.4) is 0 Å². The topological polar surface area (TPSA) is 42.7 Å². The van der Waals surface area contributed by atoms with Crippen LogP contribution in [-0.4, -0.2) is 24.5 Å². The van der Waals surface area contributed by atoms with Crippen molar-refractivity contribution in [3.63, 3.8) is 0 Å². The highest BCUT2D eigenvalue weighted by molar-refractivity contribution is 5.96. The number of pyridine rings is 1. The van der Waals surface area contributed by atoms with Crippen LogP contribution >= 0.6 is 0 Å². The number of rotatable bonds is 22. The van der Waals surface area contributed by atoms with Crippen LogP contribution in [0.5, 0.6) is 11.5 Å². The number of ether oxygens (including phenoxy) is 2. The first-order valence-corrected chi connectivity index (χ1v) is 17.2. The largest absolute Gasteiger partial charge is 0.496 e. The van der Waals surface area contributed by atoms with E-state index in [0.29, 0.717) is 24.4 Å². The normalized spacial score (nSPS) is 11.0. The number of carbonyl (C=O) groups excluding carboxylic acids is 1. The van der Waals surface area contributed by atoms with Crippen LogP contribution in [0, 0.1) is 6.92 Å². The minimum atomic E-state index is -0.0416. The Morgan fingerprint density at radius 2 is 1.45 bits per heavy atom. The number of nitrogens with zero attached hydrogens (tertiary/aromatic N) is 2. The number of carbonyl (C=O) groups is 1. The first-order chi connectivity index (χ1) is 21.5. The van der Waals surface area contributed by atoms with Gasteiger partial charge in [-0.05, 0) is 54.8 Å². The average molecular weight is 602 g/mol. The maximum atomic E-state index is 13.9. The second-order valence-electron chi connectivity index (χ2n) is 12.1. The number of methoxy groups -OCH3 is 1. The maximum absolute atomic E-state index is 13.9. The monoisotopic (exact) mass is 601 g/mol. The molecule has 0 N–H and O–H groups in total. The summed E-state index contributed by atoms with van der Waals surface area (Å²) in [4.78, 5) is 15.8. The van der Waals surface area contributed by atoms with Gasteiger partial charge in [-0.2, -0.15) is 0 Å². The van der Waals surface area contributed by atoms with Gasteiger partial charge in [0.2, 0.25) is 0 Å². The minimum Gasteiger partial charge on any atom is -0.496 e. The lowest BCUT2D eigenvalue weighted by atomic mass is 10.1. The Bertz CT molecular complexity index is 1240. The number of amides is 1. The Balaban J connectivity index is 1.52. The number of hydrogen-bond acceptors (Lipinski definition) is 3. The van der Waals surface area contributed by atoms with E-state index < -0.39 is 0 Å². The average Bonchev–Trinajstić information content (AvgIpc) is 3.04. The molecule has 0 unspecified atom stereocenters. The molecule has 0 saturated carbocycles. The van der Waals surface area contributed by atoms with Gasteiger partial charge in [0.15, 0.2) is 12.4 Å². The van der Waals surface area contributed by atoms with Gasteiger partial charge in [-0.3, -0.25) is 4.79 Å². The van der Waals surface area contributed by atoms with Gasteiger partial charge < -0.3 is 14.4 Å². The Morgan fingerprint density at radius 3 is 2.11 bits per heavy atom. The molecule has 1 amide bonds. The highest BCUT2D eigenvalue weighted by Gasteiger charge is 2.22. The number of aryl methyl sites for hydroxylation is 2. The quantitative estimate of drug-likeness (QED) is 0.0851. The summed E-state index contributed by atoms with van der Waals surface area (Å²) >= 11 is 0. The zero-order chi connectivity index (χ0) is 31.4. The fourth-order valence-electron chi connectivity index (χ4n) is 5.75. The molecule has 0 saturated heterocycles. The smallest absolute Gasteiger partial charge is 0.258 e. The van der Waals surface area contributed by atoms with E-state index in [4.69, 9.17) is 9.47 Å². The number of para-hydroxylation sites is 1. The molecule has 0 aliphatic heterocycles. The van der Waals surface area contributed by atoms with E-state index >= 15 is 0 Å². The van der Waals surface area contributed by atoms with Crippen molar-refractivity contribution in [3.05, 3.63) is 89.2 Å². The van der Waals surface area contributed by atoms with Gasteiger partial charge in [0.25, 0.3) is 5.91 Å². The van der Waals surface area contributed by atoms with Gasteiger partial charge in [0, 0.05) is 24.6 Å². The molecule has 0 radical (unpaired) electrons. The van der Waals surface area contributed by atoms with E-state index in [-0.39, 0.29) is 5.91 Å².